The topological polar surface area (TPSA) is 34.9 Å². The zero-order valence-corrected chi connectivity index (χ0v) is 9.51. The fraction of sp³-hybridized carbons (Fsp3) is 0.600. The second kappa shape index (κ2) is 5.86. The van der Waals surface area contributed by atoms with Gasteiger partial charge in [-0.1, -0.05) is 6.92 Å². The lowest BCUT2D eigenvalue weighted by atomic mass is 10.3. The Morgan fingerprint density at radius 3 is 3.00 bits per heavy atom. The monoisotopic (exact) mass is 212 g/mol. The highest BCUT2D eigenvalue weighted by Gasteiger charge is 2.06. The smallest absolute Gasteiger partial charge is 0.150 e. The highest BCUT2D eigenvalue weighted by atomic mass is 32.2. The Bertz CT molecular complexity index is 296. The Kier molecular flexibility index (Phi) is 4.73. The average Bonchev–Trinajstić information content (AvgIpc) is 2.52. The van der Waals surface area contributed by atoms with Crippen molar-refractivity contribution >= 4 is 17.5 Å². The van der Waals surface area contributed by atoms with Crippen LogP contribution in [0, 0.1) is 0 Å². The number of ketones is 1. The molecule has 0 radical (unpaired) electrons. The predicted molar refractivity (Wildman–Crippen MR) is 59.5 cm³/mol. The van der Waals surface area contributed by atoms with Gasteiger partial charge in [0.2, 0.25) is 0 Å². The van der Waals surface area contributed by atoms with Crippen LogP contribution in [-0.4, -0.2) is 26.8 Å². The summed E-state index contributed by atoms with van der Waals surface area (Å²) in [4.78, 5) is 15.6. The summed E-state index contributed by atoms with van der Waals surface area (Å²) in [6.45, 7) is 2.12. The lowest BCUT2D eigenvalue weighted by Gasteiger charge is -2.00. The molecule has 1 rings (SSSR count). The number of rotatable bonds is 6. The summed E-state index contributed by atoms with van der Waals surface area (Å²) in [5.41, 5.74) is 0. The molecule has 1 aromatic rings. The van der Waals surface area contributed by atoms with Gasteiger partial charge in [-0.15, -0.1) is 0 Å². The van der Waals surface area contributed by atoms with Crippen LogP contribution in [0.2, 0.25) is 0 Å². The van der Waals surface area contributed by atoms with Gasteiger partial charge < -0.3 is 4.57 Å². The molecule has 0 saturated carbocycles. The van der Waals surface area contributed by atoms with Crippen molar-refractivity contribution in [3.05, 3.63) is 18.2 Å². The van der Waals surface area contributed by atoms with E-state index in [1.807, 2.05) is 17.8 Å². The average molecular weight is 212 g/mol. The molecule has 3 nitrogen and oxygen atoms in total. The van der Waals surface area contributed by atoms with Crippen molar-refractivity contribution < 1.29 is 4.79 Å². The number of carbonyl (C=O) groups excluding carboxylic acids is 1. The molecule has 0 aromatic carbocycles. The van der Waals surface area contributed by atoms with Gasteiger partial charge in [0.05, 0.1) is 12.2 Å². The maximum absolute atomic E-state index is 11.5. The van der Waals surface area contributed by atoms with Crippen LogP contribution in [0.5, 0.6) is 0 Å². The molecule has 0 aliphatic carbocycles. The molecule has 0 aliphatic rings. The zero-order chi connectivity index (χ0) is 10.4. The summed E-state index contributed by atoms with van der Waals surface area (Å²) >= 11 is 1.70. The molecule has 0 bridgehead atoms. The number of hydrogen-bond donors (Lipinski definition) is 0. The van der Waals surface area contributed by atoms with Gasteiger partial charge in [-0.2, -0.15) is 11.8 Å². The molecule has 0 unspecified atom stereocenters. The van der Waals surface area contributed by atoms with E-state index < -0.39 is 0 Å². The van der Waals surface area contributed by atoms with Crippen LogP contribution >= 0.6 is 11.8 Å². The first kappa shape index (κ1) is 11.3. The first-order chi connectivity index (χ1) is 6.74. The van der Waals surface area contributed by atoms with E-state index in [9.17, 15) is 4.79 Å². The Labute approximate surface area is 88.9 Å². The third kappa shape index (κ3) is 3.54. The van der Waals surface area contributed by atoms with E-state index in [-0.39, 0.29) is 5.78 Å². The molecule has 0 spiro atoms. The van der Waals surface area contributed by atoms with Crippen LogP contribution in [0.3, 0.4) is 0 Å². The Morgan fingerprint density at radius 2 is 2.43 bits per heavy atom. The van der Waals surface area contributed by atoms with Gasteiger partial charge in [0, 0.05) is 19.4 Å². The van der Waals surface area contributed by atoms with Crippen molar-refractivity contribution in [2.24, 2.45) is 7.05 Å². The minimum absolute atomic E-state index is 0.262. The van der Waals surface area contributed by atoms with Gasteiger partial charge in [0.1, 0.15) is 11.6 Å². The van der Waals surface area contributed by atoms with E-state index in [4.69, 9.17) is 0 Å². The highest BCUT2D eigenvalue weighted by molar-refractivity contribution is 7.99. The van der Waals surface area contributed by atoms with Crippen molar-refractivity contribution in [2.75, 3.05) is 11.5 Å². The molecular weight excluding hydrogens is 196 g/mol. The van der Waals surface area contributed by atoms with Crippen molar-refractivity contribution in [3.63, 3.8) is 0 Å². The van der Waals surface area contributed by atoms with Crippen molar-refractivity contribution in [3.8, 4) is 0 Å². The van der Waals surface area contributed by atoms with Crippen LogP contribution < -0.4 is 0 Å². The molecule has 14 heavy (non-hydrogen) atoms. The van der Waals surface area contributed by atoms with E-state index in [0.29, 0.717) is 12.2 Å². The van der Waals surface area contributed by atoms with Gasteiger partial charge in [-0.3, -0.25) is 4.79 Å². The number of thioether (sulfide) groups is 1. The fourth-order valence-electron chi connectivity index (χ4n) is 1.12. The first-order valence-electron chi connectivity index (χ1n) is 4.79. The van der Waals surface area contributed by atoms with Crippen molar-refractivity contribution in [1.29, 1.82) is 0 Å². The van der Waals surface area contributed by atoms with Crippen molar-refractivity contribution in [2.45, 2.75) is 19.8 Å². The molecule has 0 fully saturated rings. The lowest BCUT2D eigenvalue weighted by molar-refractivity contribution is -0.116. The number of hydrogen-bond acceptors (Lipinski definition) is 3. The van der Waals surface area contributed by atoms with Crippen LogP contribution in [0.1, 0.15) is 19.2 Å². The maximum atomic E-state index is 11.5. The van der Waals surface area contributed by atoms with Crippen LogP contribution in [-0.2, 0) is 18.3 Å². The number of carbonyl (C=O) groups is 1. The number of imidazole rings is 1. The molecular formula is C10H16N2OS. The molecule has 0 amide bonds. The van der Waals surface area contributed by atoms with E-state index in [2.05, 4.69) is 11.9 Å². The van der Waals surface area contributed by atoms with Crippen LogP contribution in [0.4, 0.5) is 0 Å². The summed E-state index contributed by atoms with van der Waals surface area (Å²) in [5.74, 6) is 2.79. The minimum Gasteiger partial charge on any atom is -0.338 e. The molecule has 0 atom stereocenters. The first-order valence-corrected chi connectivity index (χ1v) is 5.95. The van der Waals surface area contributed by atoms with Crippen molar-refractivity contribution in [1.82, 2.24) is 9.55 Å². The second-order valence-corrected chi connectivity index (χ2v) is 4.33. The van der Waals surface area contributed by atoms with Gasteiger partial charge in [-0.05, 0) is 12.2 Å². The quantitative estimate of drug-likeness (QED) is 0.673. The predicted octanol–water partition coefficient (Wildman–Crippen LogP) is 1.67. The molecule has 1 heterocycles. The molecule has 0 N–H and O–H groups in total. The lowest BCUT2D eigenvalue weighted by Crippen LogP contribution is -2.10. The van der Waals surface area contributed by atoms with Gasteiger partial charge in [-0.25, -0.2) is 4.98 Å². The van der Waals surface area contributed by atoms with Gasteiger partial charge in [0.25, 0.3) is 0 Å². The Balaban J connectivity index is 2.31. The Morgan fingerprint density at radius 1 is 1.64 bits per heavy atom. The van der Waals surface area contributed by atoms with Crippen LogP contribution in [0.25, 0.3) is 0 Å². The van der Waals surface area contributed by atoms with Crippen LogP contribution in [0.15, 0.2) is 12.4 Å². The number of nitrogens with zero attached hydrogens (tertiary/aromatic N) is 2. The molecule has 0 aliphatic heterocycles. The minimum atomic E-state index is 0.262. The summed E-state index contributed by atoms with van der Waals surface area (Å²) in [5, 5.41) is 0. The summed E-state index contributed by atoms with van der Waals surface area (Å²) < 4.78 is 1.89. The fourth-order valence-corrected chi connectivity index (χ4v) is 1.89. The molecule has 1 aromatic heterocycles. The van der Waals surface area contributed by atoms with E-state index in [0.717, 1.165) is 18.0 Å². The number of aromatic nitrogens is 2. The third-order valence-electron chi connectivity index (χ3n) is 1.89. The zero-order valence-electron chi connectivity index (χ0n) is 8.69. The van der Waals surface area contributed by atoms with E-state index in [1.54, 1.807) is 18.0 Å². The SMILES string of the molecule is CCCSCC(=O)Cc1nccn1C. The van der Waals surface area contributed by atoms with Gasteiger partial charge in [0.15, 0.2) is 0 Å². The maximum Gasteiger partial charge on any atom is 0.150 e. The van der Waals surface area contributed by atoms with E-state index >= 15 is 0 Å². The number of aryl methyl sites for hydroxylation is 1. The summed E-state index contributed by atoms with van der Waals surface area (Å²) in [6, 6.07) is 0. The Hall–Kier alpha value is -0.770. The largest absolute Gasteiger partial charge is 0.338 e. The number of Topliss-reactive ketones (excluding diaryl/α,β-unsaturated/α-hetero) is 1. The molecule has 78 valence electrons. The third-order valence-corrected chi connectivity index (χ3v) is 3.11. The standard InChI is InChI=1S/C10H16N2OS/c1-3-6-14-8-9(13)7-10-11-4-5-12(10)2/h4-5H,3,6-8H2,1-2H3. The van der Waals surface area contributed by atoms with Gasteiger partial charge >= 0.3 is 0 Å². The normalized spacial score (nSPS) is 10.4. The summed E-state index contributed by atoms with van der Waals surface area (Å²) in [6.07, 6.45) is 5.17. The highest BCUT2D eigenvalue weighted by Crippen LogP contribution is 2.04. The molecule has 0 saturated heterocycles. The second-order valence-electron chi connectivity index (χ2n) is 3.22. The van der Waals surface area contributed by atoms with E-state index in [1.165, 1.54) is 0 Å². The summed E-state index contributed by atoms with van der Waals surface area (Å²) in [7, 11) is 1.91. The molecule has 4 heteroatoms.